The molecular formula is C26H28F2N4O. The van der Waals surface area contributed by atoms with Crippen molar-refractivity contribution in [3.8, 4) is 11.1 Å². The van der Waals surface area contributed by atoms with Gasteiger partial charge in [0.1, 0.15) is 5.78 Å². The number of benzene rings is 2. The Balaban J connectivity index is 1.67. The quantitative estimate of drug-likeness (QED) is 0.533. The SMILES string of the molecule is C[C@@H]1CC(=O)Cc2cccc(N3CC[C@H](C)c4cc(-c5cnn(C)c5)c(C(F)F)cc43)c2N1. The van der Waals surface area contributed by atoms with Gasteiger partial charge in [-0.05, 0) is 54.2 Å². The fraction of sp³-hybridized carbons (Fsp3) is 0.385. The van der Waals surface area contributed by atoms with Gasteiger partial charge in [0, 0.05) is 55.5 Å². The zero-order valence-electron chi connectivity index (χ0n) is 19.1. The lowest BCUT2D eigenvalue weighted by atomic mass is 9.86. The first kappa shape index (κ1) is 21.6. The van der Waals surface area contributed by atoms with Crippen molar-refractivity contribution in [1.82, 2.24) is 9.78 Å². The molecule has 2 aliphatic rings. The highest BCUT2D eigenvalue weighted by Gasteiger charge is 2.30. The molecule has 1 N–H and O–H groups in total. The highest BCUT2D eigenvalue weighted by atomic mass is 19.3. The summed E-state index contributed by atoms with van der Waals surface area (Å²) in [4.78, 5) is 14.5. The Morgan fingerprint density at radius 3 is 2.73 bits per heavy atom. The van der Waals surface area contributed by atoms with Gasteiger partial charge in [0.2, 0.25) is 0 Å². The Labute approximate surface area is 192 Å². The molecule has 0 saturated heterocycles. The number of nitrogens with zero attached hydrogens (tertiary/aromatic N) is 3. The number of ketones is 1. The number of halogens is 2. The van der Waals surface area contributed by atoms with Crippen LogP contribution in [0.5, 0.6) is 0 Å². The molecule has 3 aromatic rings. The van der Waals surface area contributed by atoms with E-state index in [1.54, 1.807) is 30.2 Å². The van der Waals surface area contributed by atoms with Crippen molar-refractivity contribution in [2.75, 3.05) is 16.8 Å². The molecule has 5 rings (SSSR count). The first-order chi connectivity index (χ1) is 15.8. The first-order valence-corrected chi connectivity index (χ1v) is 11.4. The molecule has 0 amide bonds. The standard InChI is InChI=1S/C26H28F2N4O/c1-15-7-8-32(23-6-4-5-17-10-19(33)9-16(2)30-25(17)23)24-12-22(26(27)28)21(11-20(15)24)18-13-29-31(3)14-18/h4-6,11-16,26,30H,7-10H2,1-3H3/t15-,16+/m0/s1. The average molecular weight is 451 g/mol. The van der Waals surface area contributed by atoms with Crippen LogP contribution >= 0.6 is 0 Å². The van der Waals surface area contributed by atoms with Crippen molar-refractivity contribution in [1.29, 1.82) is 0 Å². The van der Waals surface area contributed by atoms with Crippen molar-refractivity contribution in [2.24, 2.45) is 7.05 Å². The number of carbonyl (C=O) groups is 1. The first-order valence-electron chi connectivity index (χ1n) is 11.4. The van der Waals surface area contributed by atoms with Gasteiger partial charge in [-0.15, -0.1) is 0 Å². The number of aryl methyl sites for hydroxylation is 1. The topological polar surface area (TPSA) is 50.2 Å². The number of hydrogen-bond acceptors (Lipinski definition) is 4. The minimum absolute atomic E-state index is 0.0133. The van der Waals surface area contributed by atoms with E-state index in [2.05, 4.69) is 22.2 Å². The van der Waals surface area contributed by atoms with E-state index >= 15 is 0 Å². The van der Waals surface area contributed by atoms with Crippen molar-refractivity contribution in [3.63, 3.8) is 0 Å². The zero-order valence-corrected chi connectivity index (χ0v) is 19.1. The van der Waals surface area contributed by atoms with Gasteiger partial charge in [-0.1, -0.05) is 19.1 Å². The Hall–Kier alpha value is -3.22. The summed E-state index contributed by atoms with van der Waals surface area (Å²) in [5.74, 6) is 0.453. The fourth-order valence-corrected chi connectivity index (χ4v) is 5.14. The number of alkyl halides is 2. The summed E-state index contributed by atoms with van der Waals surface area (Å²) in [7, 11) is 1.79. The van der Waals surface area contributed by atoms with Crippen LogP contribution in [0.25, 0.3) is 11.1 Å². The molecule has 0 bridgehead atoms. The summed E-state index contributed by atoms with van der Waals surface area (Å²) >= 11 is 0. The maximum atomic E-state index is 14.2. The Morgan fingerprint density at radius 1 is 1.18 bits per heavy atom. The molecular weight excluding hydrogens is 422 g/mol. The maximum absolute atomic E-state index is 14.2. The predicted octanol–water partition coefficient (Wildman–Crippen LogP) is 5.99. The van der Waals surface area contributed by atoms with E-state index in [1.807, 2.05) is 31.2 Å². The van der Waals surface area contributed by atoms with Crippen LogP contribution in [-0.2, 0) is 18.3 Å². The Kier molecular flexibility index (Phi) is 5.43. The molecule has 2 atom stereocenters. The second kappa shape index (κ2) is 8.28. The van der Waals surface area contributed by atoms with E-state index in [1.165, 1.54) is 0 Å². The molecule has 7 heteroatoms. The van der Waals surface area contributed by atoms with Crippen molar-refractivity contribution in [2.45, 2.75) is 51.5 Å². The normalized spacial score (nSPS) is 20.3. The Morgan fingerprint density at radius 2 is 2.00 bits per heavy atom. The van der Waals surface area contributed by atoms with Gasteiger partial charge in [0.15, 0.2) is 0 Å². The summed E-state index contributed by atoms with van der Waals surface area (Å²) in [6, 6.07) is 9.55. The van der Waals surface area contributed by atoms with E-state index in [0.717, 1.165) is 41.2 Å². The van der Waals surface area contributed by atoms with Gasteiger partial charge in [0.25, 0.3) is 6.43 Å². The number of hydrogen-bond donors (Lipinski definition) is 1. The van der Waals surface area contributed by atoms with Gasteiger partial charge in [-0.2, -0.15) is 5.10 Å². The lowest BCUT2D eigenvalue weighted by Gasteiger charge is -2.37. The molecule has 1 aromatic heterocycles. The third kappa shape index (κ3) is 3.90. The van der Waals surface area contributed by atoms with Crippen LogP contribution in [0, 0.1) is 0 Å². The van der Waals surface area contributed by atoms with Crippen LogP contribution in [0.4, 0.5) is 25.8 Å². The summed E-state index contributed by atoms with van der Waals surface area (Å²) in [5, 5.41) is 7.70. The second-order valence-electron chi connectivity index (χ2n) is 9.32. The smallest absolute Gasteiger partial charge is 0.264 e. The molecule has 3 heterocycles. The van der Waals surface area contributed by atoms with Crippen LogP contribution in [-0.4, -0.2) is 28.2 Å². The molecule has 5 nitrogen and oxygen atoms in total. The van der Waals surface area contributed by atoms with Gasteiger partial charge in [-0.25, -0.2) is 8.78 Å². The zero-order chi connectivity index (χ0) is 23.3. The number of rotatable bonds is 3. The molecule has 2 aliphatic heterocycles. The van der Waals surface area contributed by atoms with Crippen LogP contribution < -0.4 is 10.2 Å². The molecule has 0 fully saturated rings. The number of carbonyl (C=O) groups excluding carboxylic acids is 1. The maximum Gasteiger partial charge on any atom is 0.264 e. The summed E-state index contributed by atoms with van der Waals surface area (Å²) < 4.78 is 30.1. The van der Waals surface area contributed by atoms with E-state index < -0.39 is 6.43 Å². The monoisotopic (exact) mass is 450 g/mol. The minimum atomic E-state index is -2.60. The summed E-state index contributed by atoms with van der Waals surface area (Å²) in [6.45, 7) is 4.88. The lowest BCUT2D eigenvalue weighted by molar-refractivity contribution is -0.118. The average Bonchev–Trinajstić information content (AvgIpc) is 3.14. The van der Waals surface area contributed by atoms with Crippen LogP contribution in [0.15, 0.2) is 42.7 Å². The van der Waals surface area contributed by atoms with E-state index in [0.29, 0.717) is 24.0 Å². The van der Waals surface area contributed by atoms with Crippen molar-refractivity contribution >= 4 is 22.8 Å². The molecule has 2 aromatic carbocycles. The van der Waals surface area contributed by atoms with Crippen LogP contribution in [0.3, 0.4) is 0 Å². The molecule has 33 heavy (non-hydrogen) atoms. The van der Waals surface area contributed by atoms with Crippen LogP contribution in [0.1, 0.15) is 55.7 Å². The minimum Gasteiger partial charge on any atom is -0.380 e. The van der Waals surface area contributed by atoms with Crippen molar-refractivity contribution in [3.05, 3.63) is 59.4 Å². The Bertz CT molecular complexity index is 1220. The molecule has 0 saturated carbocycles. The van der Waals surface area contributed by atoms with Crippen LogP contribution in [0.2, 0.25) is 0 Å². The summed E-state index contributed by atoms with van der Waals surface area (Å²) in [5.41, 5.74) is 5.96. The van der Waals surface area contributed by atoms with Gasteiger partial charge < -0.3 is 10.2 Å². The fourth-order valence-electron chi connectivity index (χ4n) is 5.14. The predicted molar refractivity (Wildman–Crippen MR) is 126 cm³/mol. The number of nitrogens with one attached hydrogen (secondary N) is 1. The summed E-state index contributed by atoms with van der Waals surface area (Å²) in [6.07, 6.45) is 2.58. The molecule has 0 radical (unpaired) electrons. The van der Waals surface area contributed by atoms with E-state index in [4.69, 9.17) is 0 Å². The number of para-hydroxylation sites is 1. The molecule has 0 aliphatic carbocycles. The number of anilines is 3. The number of fused-ring (bicyclic) bond motifs is 2. The van der Waals surface area contributed by atoms with Gasteiger partial charge >= 0.3 is 0 Å². The van der Waals surface area contributed by atoms with Crippen molar-refractivity contribution < 1.29 is 13.6 Å². The molecule has 0 spiro atoms. The van der Waals surface area contributed by atoms with E-state index in [-0.39, 0.29) is 23.3 Å². The molecule has 0 unspecified atom stereocenters. The number of Topliss-reactive ketones (excluding diaryl/α,β-unsaturated/α-hetero) is 1. The highest BCUT2D eigenvalue weighted by molar-refractivity contribution is 5.90. The third-order valence-corrected chi connectivity index (χ3v) is 6.79. The second-order valence-corrected chi connectivity index (χ2v) is 9.32. The third-order valence-electron chi connectivity index (χ3n) is 6.79. The molecule has 172 valence electrons. The highest BCUT2D eigenvalue weighted by Crippen LogP contribution is 2.47. The van der Waals surface area contributed by atoms with E-state index in [9.17, 15) is 13.6 Å². The van der Waals surface area contributed by atoms with Gasteiger partial charge in [0.05, 0.1) is 17.6 Å². The largest absolute Gasteiger partial charge is 0.380 e. The number of aromatic nitrogens is 2. The van der Waals surface area contributed by atoms with Gasteiger partial charge in [-0.3, -0.25) is 9.48 Å². The lowest BCUT2D eigenvalue weighted by Crippen LogP contribution is -2.28.